The molecule has 19 nitrogen and oxygen atoms in total. The van der Waals surface area contributed by atoms with Gasteiger partial charge in [0, 0.05) is 25.8 Å². The molecule has 4 heterocycles. The van der Waals surface area contributed by atoms with Gasteiger partial charge >= 0.3 is 12.2 Å². The largest absolute Gasteiger partial charge is 0.488 e. The van der Waals surface area contributed by atoms with Gasteiger partial charge in [-0.3, -0.25) is 28.9 Å². The zero-order chi connectivity index (χ0) is 56.6. The minimum Gasteiger partial charge on any atom is -0.488 e. The van der Waals surface area contributed by atoms with E-state index in [0.29, 0.717) is 30.5 Å². The van der Waals surface area contributed by atoms with Crippen LogP contribution in [0.3, 0.4) is 0 Å². The van der Waals surface area contributed by atoms with Crippen molar-refractivity contribution in [3.05, 3.63) is 99.9 Å². The number of anilines is 1. The van der Waals surface area contributed by atoms with Gasteiger partial charge < -0.3 is 51.2 Å². The van der Waals surface area contributed by atoms with E-state index in [1.807, 2.05) is 56.3 Å². The number of nitrogens with two attached hydrogens (primary N) is 1. The van der Waals surface area contributed by atoms with Gasteiger partial charge in [-0.2, -0.15) is 0 Å². The first-order valence-electron chi connectivity index (χ1n) is 26.5. The number of aromatic nitrogens is 1. The van der Waals surface area contributed by atoms with Crippen LogP contribution in [0.15, 0.2) is 66.2 Å². The van der Waals surface area contributed by atoms with Gasteiger partial charge in [0.15, 0.2) is 11.6 Å². The zero-order valence-electron chi connectivity index (χ0n) is 45.6. The smallest absolute Gasteiger partial charge is 0.408 e. The number of aliphatic hydroxyl groups is 1. The van der Waals surface area contributed by atoms with Gasteiger partial charge in [-0.15, -0.1) is 11.3 Å². The summed E-state index contributed by atoms with van der Waals surface area (Å²) in [4.78, 5) is 102. The first-order valence-corrected chi connectivity index (χ1v) is 27.4. The summed E-state index contributed by atoms with van der Waals surface area (Å²) < 4.78 is 32.9. The average Bonchev–Trinajstić information content (AvgIpc) is 4.10. The van der Waals surface area contributed by atoms with Crippen LogP contribution in [-0.2, 0) is 52.7 Å². The molecule has 78 heavy (non-hydrogen) atoms. The minimum absolute atomic E-state index is 0.0288. The van der Waals surface area contributed by atoms with Crippen molar-refractivity contribution < 1.29 is 57.3 Å². The summed E-state index contributed by atoms with van der Waals surface area (Å²) in [7, 11) is 0. The molecule has 420 valence electrons. The van der Waals surface area contributed by atoms with Crippen LogP contribution in [0.1, 0.15) is 121 Å². The molecule has 1 fully saturated rings. The maximum Gasteiger partial charge on any atom is 0.408 e. The second kappa shape index (κ2) is 25.1. The normalized spacial score (nSPS) is 19.2. The zero-order valence-corrected chi connectivity index (χ0v) is 46.4. The monoisotopic (exact) mass is 1100 g/mol. The number of benzene rings is 3. The lowest BCUT2D eigenvalue weighted by Gasteiger charge is -2.35. The Bertz CT molecular complexity index is 2850. The number of primary amides is 1. The number of halogens is 1. The van der Waals surface area contributed by atoms with Crippen LogP contribution in [0.4, 0.5) is 19.7 Å². The van der Waals surface area contributed by atoms with Crippen LogP contribution in [0.5, 0.6) is 5.75 Å². The molecular weight excluding hydrogens is 1020 g/mol. The number of aryl methyl sites for hydroxylation is 3. The predicted octanol–water partition coefficient (Wildman–Crippen LogP) is 6.49. The number of unbranched alkanes of at least 4 members (excludes halogenated alkanes) is 1. The Hall–Kier alpha value is -7.13. The molecule has 7 amide bonds. The number of carbonyl (C=O) groups is 7. The van der Waals surface area contributed by atoms with E-state index in [9.17, 15) is 38.7 Å². The van der Waals surface area contributed by atoms with E-state index in [0.717, 1.165) is 32.8 Å². The summed E-state index contributed by atoms with van der Waals surface area (Å²) >= 11 is 1.55. The van der Waals surface area contributed by atoms with E-state index >= 15 is 4.39 Å². The number of nitrogens with zero attached hydrogens (tertiary/aromatic N) is 3. The number of aliphatic hydroxyl groups excluding tert-OH is 1. The van der Waals surface area contributed by atoms with Crippen molar-refractivity contribution in [3.8, 4) is 16.2 Å². The highest BCUT2D eigenvalue weighted by atomic mass is 32.1. The third-order valence-electron chi connectivity index (χ3n) is 14.1. The van der Waals surface area contributed by atoms with E-state index in [-0.39, 0.29) is 64.0 Å². The fourth-order valence-electron chi connectivity index (χ4n) is 10.0. The van der Waals surface area contributed by atoms with Gasteiger partial charge in [0.1, 0.15) is 36.4 Å². The molecule has 1 saturated heterocycles. The number of nitrogens with one attached hydrogen (secondary N) is 4. The molecule has 4 aromatic rings. The lowest BCUT2D eigenvalue weighted by atomic mass is 9.85. The van der Waals surface area contributed by atoms with Crippen molar-refractivity contribution in [1.29, 1.82) is 0 Å². The molecule has 0 unspecified atom stereocenters. The lowest BCUT2D eigenvalue weighted by Crippen LogP contribution is -2.58. The molecule has 1 aromatic heterocycles. The highest BCUT2D eigenvalue weighted by Gasteiger charge is 2.46. The van der Waals surface area contributed by atoms with Crippen LogP contribution >= 0.6 is 11.3 Å². The summed E-state index contributed by atoms with van der Waals surface area (Å²) in [5, 5.41) is 22.0. The molecule has 7 atom stereocenters. The number of thiazole rings is 1. The number of hydrogen-bond acceptors (Lipinski definition) is 13. The Kier molecular flexibility index (Phi) is 18.9. The Morgan fingerprint density at radius 3 is 2.29 bits per heavy atom. The second-order valence-corrected chi connectivity index (χ2v) is 23.2. The van der Waals surface area contributed by atoms with Crippen molar-refractivity contribution in [2.45, 2.75) is 161 Å². The maximum absolute atomic E-state index is 16.0. The topological polar surface area (TPSA) is 261 Å². The molecule has 0 aliphatic carbocycles. The molecule has 3 aliphatic heterocycles. The van der Waals surface area contributed by atoms with E-state index in [4.69, 9.17) is 19.9 Å². The highest BCUT2D eigenvalue weighted by Crippen LogP contribution is 2.39. The molecule has 0 saturated carbocycles. The predicted molar refractivity (Wildman–Crippen MR) is 291 cm³/mol. The SMILES string of the molecule is Cc1ncsc1-c1ccc([C@H](C)NC(=O)[C@@H]2C[C@@H](O)CN2C(=O)[C@@H](NC(=O)OCCCCc2cccc(OC[C@H](CCC(N)=O)NC(=O)[C@@H]3Cc4cccc5c4N3C(=O)[C@@H](NC(=O)OC(C)(C)C)CC5)c2F)C(C)(C)C)cc1. The summed E-state index contributed by atoms with van der Waals surface area (Å²) in [6.45, 7) is 13.9. The van der Waals surface area contributed by atoms with Crippen LogP contribution in [0.25, 0.3) is 10.4 Å². The first-order chi connectivity index (χ1) is 36.9. The van der Waals surface area contributed by atoms with Crippen molar-refractivity contribution in [3.63, 3.8) is 0 Å². The van der Waals surface area contributed by atoms with Crippen molar-refractivity contribution in [1.82, 2.24) is 31.2 Å². The molecule has 0 spiro atoms. The minimum atomic E-state index is -1.11. The summed E-state index contributed by atoms with van der Waals surface area (Å²) in [5.41, 5.74) is 11.1. The van der Waals surface area contributed by atoms with E-state index in [1.165, 1.54) is 15.9 Å². The number of amides is 7. The standard InChI is InChI=1S/C57H73FN8O11S/c1-32(34-18-20-37(21-19-34)48-33(2)60-31-78-48)61-50(69)42-28-40(67)29-65(42)53(72)49(56(3,4)5)64-54(73)75-26-10-9-13-35-14-12-17-44(46(35)58)76-30-39(23-25-45(59)68)62-51(70)43-27-38-16-11-15-36-22-24-41(52(71)66(43)47(36)38)63-55(74)77-57(6,7)8/h11-12,14-21,31-32,39-43,49,67H,9-10,13,22-30H2,1-8H3,(H2,59,68)(H,61,69)(H,62,70)(H,63,74)(H,64,73)/t32-,39-,40+,41-,42-,43-,49+/m0/s1. The molecule has 7 N–H and O–H groups in total. The first kappa shape index (κ1) is 58.6. The lowest BCUT2D eigenvalue weighted by molar-refractivity contribution is -0.142. The number of ether oxygens (including phenoxy) is 3. The van der Waals surface area contributed by atoms with E-state index in [1.54, 1.807) is 70.5 Å². The molecule has 0 bridgehead atoms. The van der Waals surface area contributed by atoms with Gasteiger partial charge in [-0.1, -0.05) is 75.4 Å². The van der Waals surface area contributed by atoms with Gasteiger partial charge in [-0.05, 0) is 112 Å². The van der Waals surface area contributed by atoms with E-state index < -0.39 is 101 Å². The van der Waals surface area contributed by atoms with Gasteiger partial charge in [0.25, 0.3) is 0 Å². The molecular formula is C57H73FN8O11S. The molecule has 3 aliphatic rings. The highest BCUT2D eigenvalue weighted by molar-refractivity contribution is 7.13. The number of hydrogen-bond donors (Lipinski definition) is 6. The Labute approximate surface area is 458 Å². The van der Waals surface area contributed by atoms with Crippen molar-refractivity contribution in [2.24, 2.45) is 11.1 Å². The van der Waals surface area contributed by atoms with Gasteiger partial charge in [-0.25, -0.2) is 19.0 Å². The Morgan fingerprint density at radius 1 is 0.910 bits per heavy atom. The summed E-state index contributed by atoms with van der Waals surface area (Å²) in [6, 6.07) is 12.8. The number of carbonyl (C=O) groups excluding carboxylic acids is 7. The number of β-amino-alcohol motifs (C(OH)–C–C–N with tert-alkyl or cyclic N) is 1. The number of likely N-dealkylation sites (tertiary alicyclic amines) is 1. The Balaban J connectivity index is 0.901. The molecule has 21 heteroatoms. The van der Waals surface area contributed by atoms with Crippen molar-refractivity contribution >= 4 is 58.7 Å². The number of alkyl carbamates (subject to hydrolysis) is 2. The van der Waals surface area contributed by atoms with Crippen LogP contribution in [0.2, 0.25) is 0 Å². The second-order valence-electron chi connectivity index (χ2n) is 22.4. The van der Waals surface area contributed by atoms with E-state index in [2.05, 4.69) is 26.3 Å². The number of para-hydroxylation sites is 1. The van der Waals surface area contributed by atoms with Gasteiger partial charge in [0.2, 0.25) is 29.5 Å². The summed E-state index contributed by atoms with van der Waals surface area (Å²) in [5.74, 6) is -3.31. The average molecular weight is 1100 g/mol. The van der Waals surface area contributed by atoms with Crippen LogP contribution in [0, 0.1) is 18.2 Å². The number of rotatable bonds is 20. The fourth-order valence-corrected chi connectivity index (χ4v) is 10.9. The summed E-state index contributed by atoms with van der Waals surface area (Å²) in [6.07, 6.45) is -0.640. The van der Waals surface area contributed by atoms with Crippen LogP contribution < -0.4 is 36.6 Å². The van der Waals surface area contributed by atoms with Crippen LogP contribution in [-0.4, -0.2) is 118 Å². The maximum atomic E-state index is 16.0. The fraction of sp³-hybridized carbons (Fsp3) is 0.509. The molecule has 7 rings (SSSR count). The molecule has 3 aromatic carbocycles. The quantitative estimate of drug-likeness (QED) is 0.0520. The third-order valence-corrected chi connectivity index (χ3v) is 15.0. The molecule has 0 radical (unpaired) electrons. The van der Waals surface area contributed by atoms with Crippen molar-refractivity contribution in [2.75, 3.05) is 24.7 Å². The third kappa shape index (κ3) is 14.7. The van der Waals surface area contributed by atoms with Gasteiger partial charge in [0.05, 0.1) is 46.6 Å². The Morgan fingerprint density at radius 2 is 1.62 bits per heavy atom.